The van der Waals surface area contributed by atoms with Gasteiger partial charge in [0, 0.05) is 16.7 Å². The van der Waals surface area contributed by atoms with Crippen molar-refractivity contribution in [1.29, 1.82) is 0 Å². The monoisotopic (exact) mass is 293 g/mol. The van der Waals surface area contributed by atoms with Crippen LogP contribution in [0, 0.1) is 5.82 Å². The molecule has 0 saturated carbocycles. The number of amides is 1. The number of carbonyl (C=O) groups is 1. The second-order valence-electron chi connectivity index (χ2n) is 4.63. The number of nitrogens with zero attached hydrogens (tertiary/aromatic N) is 1. The summed E-state index contributed by atoms with van der Waals surface area (Å²) < 4.78 is 13.4. The van der Waals surface area contributed by atoms with Gasteiger partial charge in [-0.15, -0.1) is 11.8 Å². The Balaban J connectivity index is 1.88. The minimum absolute atomic E-state index is 0.144. The van der Waals surface area contributed by atoms with Gasteiger partial charge in [-0.1, -0.05) is 26.0 Å². The summed E-state index contributed by atoms with van der Waals surface area (Å²) in [6.07, 6.45) is 0. The highest BCUT2D eigenvalue weighted by atomic mass is 32.2. The van der Waals surface area contributed by atoms with Crippen LogP contribution >= 0.6 is 11.8 Å². The van der Waals surface area contributed by atoms with Crippen molar-refractivity contribution in [1.82, 2.24) is 10.2 Å². The molecule has 2 aromatic rings. The van der Waals surface area contributed by atoms with Crippen LogP contribution in [0.2, 0.25) is 0 Å². The van der Waals surface area contributed by atoms with Gasteiger partial charge in [0.25, 0.3) is 0 Å². The van der Waals surface area contributed by atoms with Gasteiger partial charge >= 0.3 is 0 Å². The molecule has 0 atom stereocenters. The number of hydrogen-bond acceptors (Lipinski definition) is 3. The van der Waals surface area contributed by atoms with E-state index in [1.54, 1.807) is 24.3 Å². The van der Waals surface area contributed by atoms with Gasteiger partial charge < -0.3 is 5.32 Å². The molecular weight excluding hydrogens is 277 g/mol. The predicted molar refractivity (Wildman–Crippen MR) is 78.4 cm³/mol. The lowest BCUT2D eigenvalue weighted by atomic mass is 10.1. The minimum Gasteiger partial charge on any atom is -0.308 e. The average Bonchev–Trinajstić information content (AvgIpc) is 2.86. The molecule has 0 saturated heterocycles. The van der Waals surface area contributed by atoms with E-state index in [1.807, 2.05) is 13.8 Å². The van der Waals surface area contributed by atoms with E-state index < -0.39 is 0 Å². The maximum absolute atomic E-state index is 13.4. The van der Waals surface area contributed by atoms with Gasteiger partial charge in [0.1, 0.15) is 5.82 Å². The smallest absolute Gasteiger partial charge is 0.235 e. The van der Waals surface area contributed by atoms with E-state index in [0.717, 1.165) is 17.5 Å². The molecule has 0 aliphatic carbocycles. The molecule has 2 N–H and O–H groups in total. The van der Waals surface area contributed by atoms with Crippen LogP contribution in [-0.2, 0) is 4.79 Å². The number of aromatic nitrogens is 2. The number of hydrogen-bond donors (Lipinski definition) is 2. The van der Waals surface area contributed by atoms with Gasteiger partial charge in [-0.25, -0.2) is 4.39 Å². The maximum Gasteiger partial charge on any atom is 0.235 e. The zero-order valence-electron chi connectivity index (χ0n) is 11.3. The summed E-state index contributed by atoms with van der Waals surface area (Å²) in [4.78, 5) is 12.2. The molecule has 0 fully saturated rings. The number of H-pyrrole nitrogens is 1. The SMILES string of the molecule is CC(C)c1cc(NC(=O)CSc2ccccc2F)n[nH]1. The number of thioether (sulfide) groups is 1. The molecule has 20 heavy (non-hydrogen) atoms. The molecule has 0 radical (unpaired) electrons. The van der Waals surface area contributed by atoms with E-state index >= 15 is 0 Å². The fourth-order valence-corrected chi connectivity index (χ4v) is 2.32. The molecule has 0 aliphatic heterocycles. The lowest BCUT2D eigenvalue weighted by Crippen LogP contribution is -2.14. The average molecular weight is 293 g/mol. The molecule has 6 heteroatoms. The summed E-state index contributed by atoms with van der Waals surface area (Å²) in [5.74, 6) is 0.436. The van der Waals surface area contributed by atoms with Gasteiger partial charge in [0.15, 0.2) is 5.82 Å². The number of anilines is 1. The summed E-state index contributed by atoms with van der Waals surface area (Å²) in [6, 6.07) is 8.19. The molecule has 0 aliphatic rings. The molecule has 1 heterocycles. The molecule has 4 nitrogen and oxygen atoms in total. The van der Waals surface area contributed by atoms with Gasteiger partial charge in [0.2, 0.25) is 5.91 Å². The minimum atomic E-state index is -0.313. The van der Waals surface area contributed by atoms with Gasteiger partial charge in [-0.3, -0.25) is 9.89 Å². The second-order valence-corrected chi connectivity index (χ2v) is 5.65. The maximum atomic E-state index is 13.4. The van der Waals surface area contributed by atoms with Crippen LogP contribution in [0.1, 0.15) is 25.5 Å². The Kier molecular flexibility index (Phi) is 4.79. The molecular formula is C14H16FN3OS. The third-order valence-electron chi connectivity index (χ3n) is 2.68. The van der Waals surface area contributed by atoms with Crippen molar-refractivity contribution >= 4 is 23.5 Å². The Morgan fingerprint density at radius 3 is 2.85 bits per heavy atom. The highest BCUT2D eigenvalue weighted by molar-refractivity contribution is 8.00. The number of carbonyl (C=O) groups excluding carboxylic acids is 1. The zero-order valence-corrected chi connectivity index (χ0v) is 12.1. The Labute approximate surface area is 121 Å². The molecule has 1 aromatic carbocycles. The largest absolute Gasteiger partial charge is 0.308 e. The Bertz CT molecular complexity index is 598. The topological polar surface area (TPSA) is 57.8 Å². The molecule has 0 bridgehead atoms. The van der Waals surface area contributed by atoms with Gasteiger partial charge in [-0.2, -0.15) is 5.10 Å². The Hall–Kier alpha value is -1.82. The normalized spacial score (nSPS) is 10.8. The standard InChI is InChI=1S/C14H16FN3OS/c1-9(2)11-7-13(18-17-11)16-14(19)8-20-12-6-4-3-5-10(12)15/h3-7,9H,8H2,1-2H3,(H2,16,17,18,19). The van der Waals surface area contributed by atoms with Crippen LogP contribution < -0.4 is 5.32 Å². The van der Waals surface area contributed by atoms with Crippen molar-refractivity contribution < 1.29 is 9.18 Å². The van der Waals surface area contributed by atoms with Gasteiger partial charge in [-0.05, 0) is 18.1 Å². The van der Waals surface area contributed by atoms with Crippen molar-refractivity contribution in [2.24, 2.45) is 0 Å². The van der Waals surface area contributed by atoms with Crippen molar-refractivity contribution in [3.8, 4) is 0 Å². The zero-order chi connectivity index (χ0) is 14.5. The van der Waals surface area contributed by atoms with E-state index in [4.69, 9.17) is 0 Å². The first kappa shape index (κ1) is 14.6. The fraction of sp³-hybridized carbons (Fsp3) is 0.286. The van der Waals surface area contributed by atoms with Crippen LogP contribution in [0.3, 0.4) is 0 Å². The summed E-state index contributed by atoms with van der Waals surface area (Å²) in [5.41, 5.74) is 0.960. The number of benzene rings is 1. The molecule has 2 rings (SSSR count). The third-order valence-corrected chi connectivity index (χ3v) is 3.73. The number of rotatable bonds is 5. The molecule has 106 valence electrons. The first-order valence-electron chi connectivity index (χ1n) is 6.28. The third kappa shape index (κ3) is 3.84. The lowest BCUT2D eigenvalue weighted by Gasteiger charge is -2.03. The quantitative estimate of drug-likeness (QED) is 0.831. The van der Waals surface area contributed by atoms with E-state index in [-0.39, 0.29) is 17.5 Å². The molecule has 0 unspecified atom stereocenters. The number of aromatic amines is 1. The summed E-state index contributed by atoms with van der Waals surface area (Å²) >= 11 is 1.16. The van der Waals surface area contributed by atoms with Crippen LogP contribution in [0.5, 0.6) is 0 Å². The summed E-state index contributed by atoms with van der Waals surface area (Å²) in [5, 5.41) is 9.55. The van der Waals surface area contributed by atoms with Crippen LogP contribution in [0.25, 0.3) is 0 Å². The first-order chi connectivity index (χ1) is 9.56. The fourth-order valence-electron chi connectivity index (χ4n) is 1.58. The lowest BCUT2D eigenvalue weighted by molar-refractivity contribution is -0.113. The predicted octanol–water partition coefficient (Wildman–Crippen LogP) is 3.40. The Morgan fingerprint density at radius 1 is 1.45 bits per heavy atom. The molecule has 1 aromatic heterocycles. The number of halogens is 1. The van der Waals surface area contributed by atoms with Crippen molar-refractivity contribution in [3.63, 3.8) is 0 Å². The van der Waals surface area contributed by atoms with Crippen LogP contribution in [0.4, 0.5) is 10.2 Å². The number of nitrogens with one attached hydrogen (secondary N) is 2. The molecule has 1 amide bonds. The summed E-state index contributed by atoms with van der Waals surface area (Å²) in [6.45, 7) is 4.07. The summed E-state index contributed by atoms with van der Waals surface area (Å²) in [7, 11) is 0. The van der Waals surface area contributed by atoms with E-state index in [1.165, 1.54) is 6.07 Å². The van der Waals surface area contributed by atoms with E-state index in [0.29, 0.717) is 16.6 Å². The Morgan fingerprint density at radius 2 is 2.20 bits per heavy atom. The first-order valence-corrected chi connectivity index (χ1v) is 7.27. The van der Waals surface area contributed by atoms with Crippen molar-refractivity contribution in [2.45, 2.75) is 24.7 Å². The second kappa shape index (κ2) is 6.56. The van der Waals surface area contributed by atoms with Crippen molar-refractivity contribution in [2.75, 3.05) is 11.1 Å². The van der Waals surface area contributed by atoms with Crippen LogP contribution in [-0.4, -0.2) is 21.9 Å². The molecule has 0 spiro atoms. The highest BCUT2D eigenvalue weighted by Gasteiger charge is 2.09. The highest BCUT2D eigenvalue weighted by Crippen LogP contribution is 2.21. The van der Waals surface area contributed by atoms with E-state index in [2.05, 4.69) is 15.5 Å². The van der Waals surface area contributed by atoms with Crippen molar-refractivity contribution in [3.05, 3.63) is 41.8 Å². The van der Waals surface area contributed by atoms with Gasteiger partial charge in [0.05, 0.1) is 5.75 Å². The van der Waals surface area contributed by atoms with E-state index in [9.17, 15) is 9.18 Å². The van der Waals surface area contributed by atoms with Crippen LogP contribution in [0.15, 0.2) is 35.2 Å².